The van der Waals surface area contributed by atoms with E-state index < -0.39 is 17.7 Å². The molecule has 4 N–H and O–H groups in total. The van der Waals surface area contributed by atoms with E-state index in [2.05, 4.69) is 10.6 Å². The van der Waals surface area contributed by atoms with Gasteiger partial charge in [-0.05, 0) is 42.5 Å². The largest absolute Gasteiger partial charge is 0.465 e. The molecule has 1 aromatic heterocycles. The molecule has 0 bridgehead atoms. The van der Waals surface area contributed by atoms with E-state index in [1.165, 1.54) is 24.1 Å². The Morgan fingerprint density at radius 1 is 1.00 bits per heavy atom. The standard InChI is InChI=1S/C22H19N3O4S/c23-20(26)14-30-18-10-4-8-16(12-18)24-22(28)19(13-17-9-5-11-29-17)25-21(27)15-6-2-1-3-7-15/h1-13H,14H2,(H2,23,26)(H,24,28)(H,25,27)/b19-13+. The SMILES string of the molecule is NC(=O)CSc1cccc(NC(=O)/C(=C\c2ccco2)NC(=O)c2ccccc2)c1. The Bertz CT molecular complexity index is 1060. The van der Waals surface area contributed by atoms with Gasteiger partial charge in [-0.1, -0.05) is 24.3 Å². The lowest BCUT2D eigenvalue weighted by Crippen LogP contribution is -2.30. The molecule has 0 aliphatic carbocycles. The Morgan fingerprint density at radius 2 is 1.80 bits per heavy atom. The Balaban J connectivity index is 1.78. The minimum Gasteiger partial charge on any atom is -0.465 e. The number of anilines is 1. The summed E-state index contributed by atoms with van der Waals surface area (Å²) in [6.45, 7) is 0. The molecule has 0 aliphatic heterocycles. The molecule has 0 spiro atoms. The molecule has 0 radical (unpaired) electrons. The third kappa shape index (κ3) is 6.11. The van der Waals surface area contributed by atoms with E-state index in [0.29, 0.717) is 17.0 Å². The highest BCUT2D eigenvalue weighted by Crippen LogP contribution is 2.22. The highest BCUT2D eigenvalue weighted by atomic mass is 32.2. The molecule has 3 aromatic rings. The molecular formula is C22H19N3O4S. The third-order valence-electron chi connectivity index (χ3n) is 3.83. The van der Waals surface area contributed by atoms with Crippen molar-refractivity contribution in [2.24, 2.45) is 5.73 Å². The number of primary amides is 1. The van der Waals surface area contributed by atoms with E-state index in [4.69, 9.17) is 10.2 Å². The molecule has 7 nitrogen and oxygen atoms in total. The molecule has 0 fully saturated rings. The summed E-state index contributed by atoms with van der Waals surface area (Å²) < 4.78 is 5.27. The minimum atomic E-state index is -0.521. The lowest BCUT2D eigenvalue weighted by atomic mass is 10.2. The van der Waals surface area contributed by atoms with Gasteiger partial charge < -0.3 is 20.8 Å². The fourth-order valence-electron chi connectivity index (χ4n) is 2.47. The number of rotatable bonds is 8. The normalized spacial score (nSPS) is 11.0. The summed E-state index contributed by atoms with van der Waals surface area (Å²) in [6.07, 6.45) is 2.92. The number of hydrogen-bond acceptors (Lipinski definition) is 5. The molecule has 0 atom stereocenters. The zero-order valence-corrected chi connectivity index (χ0v) is 16.6. The van der Waals surface area contributed by atoms with Crippen molar-refractivity contribution in [1.82, 2.24) is 5.32 Å². The van der Waals surface area contributed by atoms with Gasteiger partial charge in [-0.3, -0.25) is 14.4 Å². The van der Waals surface area contributed by atoms with Gasteiger partial charge in [-0.2, -0.15) is 0 Å². The number of nitrogens with two attached hydrogens (primary N) is 1. The van der Waals surface area contributed by atoms with Crippen molar-refractivity contribution in [3.8, 4) is 0 Å². The quantitative estimate of drug-likeness (QED) is 0.381. The van der Waals surface area contributed by atoms with Gasteiger partial charge in [0.25, 0.3) is 11.8 Å². The first kappa shape index (κ1) is 20.9. The average molecular weight is 421 g/mol. The number of hydrogen-bond donors (Lipinski definition) is 3. The Labute approximate surface area is 177 Å². The van der Waals surface area contributed by atoms with E-state index >= 15 is 0 Å². The van der Waals surface area contributed by atoms with Crippen LogP contribution in [0.4, 0.5) is 5.69 Å². The van der Waals surface area contributed by atoms with Crippen molar-refractivity contribution in [3.05, 3.63) is 90.0 Å². The molecular weight excluding hydrogens is 402 g/mol. The highest BCUT2D eigenvalue weighted by Gasteiger charge is 2.16. The molecule has 0 saturated carbocycles. The maximum atomic E-state index is 12.9. The summed E-state index contributed by atoms with van der Waals surface area (Å²) in [7, 11) is 0. The minimum absolute atomic E-state index is 0.0222. The lowest BCUT2D eigenvalue weighted by molar-refractivity contribution is -0.115. The van der Waals surface area contributed by atoms with Crippen LogP contribution < -0.4 is 16.4 Å². The summed E-state index contributed by atoms with van der Waals surface area (Å²) in [5.41, 5.74) is 6.12. The second kappa shape index (κ2) is 10.1. The molecule has 0 aliphatic rings. The van der Waals surface area contributed by atoms with Gasteiger partial charge in [0, 0.05) is 22.2 Å². The predicted molar refractivity (Wildman–Crippen MR) is 116 cm³/mol. The zero-order chi connectivity index (χ0) is 21.3. The number of benzene rings is 2. The summed E-state index contributed by atoms with van der Waals surface area (Å²) in [5.74, 6) is -0.822. The van der Waals surface area contributed by atoms with E-state index in [1.54, 1.807) is 66.7 Å². The van der Waals surface area contributed by atoms with E-state index in [0.717, 1.165) is 4.90 Å². The fraction of sp³-hybridized carbons (Fsp3) is 0.0455. The summed E-state index contributed by atoms with van der Waals surface area (Å²) in [4.78, 5) is 37.1. The van der Waals surface area contributed by atoms with Crippen molar-refractivity contribution < 1.29 is 18.8 Å². The van der Waals surface area contributed by atoms with Crippen LogP contribution in [0, 0.1) is 0 Å². The molecule has 1 heterocycles. The van der Waals surface area contributed by atoms with Crippen LogP contribution >= 0.6 is 11.8 Å². The van der Waals surface area contributed by atoms with Gasteiger partial charge in [-0.15, -0.1) is 11.8 Å². The van der Waals surface area contributed by atoms with Crippen LogP contribution in [0.3, 0.4) is 0 Å². The van der Waals surface area contributed by atoms with Crippen LogP contribution in [0.25, 0.3) is 6.08 Å². The Hall–Kier alpha value is -3.78. The van der Waals surface area contributed by atoms with Gasteiger partial charge in [-0.25, -0.2) is 0 Å². The van der Waals surface area contributed by atoms with Crippen molar-refractivity contribution >= 4 is 41.2 Å². The maximum Gasteiger partial charge on any atom is 0.272 e. The van der Waals surface area contributed by atoms with Crippen LogP contribution in [-0.4, -0.2) is 23.5 Å². The maximum absolute atomic E-state index is 12.9. The van der Waals surface area contributed by atoms with Gasteiger partial charge in [0.05, 0.1) is 12.0 Å². The van der Waals surface area contributed by atoms with Crippen LogP contribution in [0.2, 0.25) is 0 Å². The van der Waals surface area contributed by atoms with Crippen LogP contribution in [0.5, 0.6) is 0 Å². The smallest absolute Gasteiger partial charge is 0.272 e. The Kier molecular flexibility index (Phi) is 7.07. The third-order valence-corrected chi connectivity index (χ3v) is 4.85. The van der Waals surface area contributed by atoms with Crippen molar-refractivity contribution in [2.45, 2.75) is 4.90 Å². The number of carbonyl (C=O) groups excluding carboxylic acids is 3. The molecule has 3 rings (SSSR count). The summed E-state index contributed by atoms with van der Waals surface area (Å²) in [5, 5.41) is 5.38. The molecule has 3 amide bonds. The number of furan rings is 1. The molecule has 0 unspecified atom stereocenters. The van der Waals surface area contributed by atoms with Crippen molar-refractivity contribution in [1.29, 1.82) is 0 Å². The van der Waals surface area contributed by atoms with E-state index in [-0.39, 0.29) is 11.4 Å². The second-order valence-corrected chi connectivity index (χ2v) is 7.18. The van der Waals surface area contributed by atoms with Crippen molar-refractivity contribution in [3.63, 3.8) is 0 Å². The summed E-state index contributed by atoms with van der Waals surface area (Å²) in [6, 6.07) is 18.9. The van der Waals surface area contributed by atoms with Crippen LogP contribution in [0.15, 0.2) is 88.0 Å². The first-order valence-corrected chi connectivity index (χ1v) is 9.94. The molecule has 2 aromatic carbocycles. The number of amides is 3. The lowest BCUT2D eigenvalue weighted by Gasteiger charge is -2.11. The number of thioether (sulfide) groups is 1. The van der Waals surface area contributed by atoms with E-state index in [9.17, 15) is 14.4 Å². The molecule has 30 heavy (non-hydrogen) atoms. The van der Waals surface area contributed by atoms with Crippen LogP contribution in [-0.2, 0) is 9.59 Å². The number of carbonyl (C=O) groups is 3. The van der Waals surface area contributed by atoms with Gasteiger partial charge in [0.1, 0.15) is 11.5 Å². The van der Waals surface area contributed by atoms with Gasteiger partial charge >= 0.3 is 0 Å². The molecule has 8 heteroatoms. The highest BCUT2D eigenvalue weighted by molar-refractivity contribution is 8.00. The molecule has 152 valence electrons. The summed E-state index contributed by atoms with van der Waals surface area (Å²) >= 11 is 1.26. The van der Waals surface area contributed by atoms with Gasteiger partial charge in [0.15, 0.2) is 0 Å². The second-order valence-electron chi connectivity index (χ2n) is 6.13. The monoisotopic (exact) mass is 421 g/mol. The topological polar surface area (TPSA) is 114 Å². The van der Waals surface area contributed by atoms with Crippen molar-refractivity contribution in [2.75, 3.05) is 11.1 Å². The van der Waals surface area contributed by atoms with E-state index in [1.807, 2.05) is 0 Å². The average Bonchev–Trinajstić information content (AvgIpc) is 3.26. The zero-order valence-electron chi connectivity index (χ0n) is 15.8. The fourth-order valence-corrected chi connectivity index (χ4v) is 3.17. The molecule has 0 saturated heterocycles. The first-order valence-electron chi connectivity index (χ1n) is 8.95. The predicted octanol–water partition coefficient (Wildman–Crippen LogP) is 3.27. The first-order chi connectivity index (χ1) is 14.5. The van der Waals surface area contributed by atoms with Crippen LogP contribution in [0.1, 0.15) is 16.1 Å². The number of nitrogens with one attached hydrogen (secondary N) is 2. The van der Waals surface area contributed by atoms with Gasteiger partial charge in [0.2, 0.25) is 5.91 Å². The Morgan fingerprint density at radius 3 is 2.50 bits per heavy atom.